The molecule has 0 bridgehead atoms. The van der Waals surface area contributed by atoms with Crippen LogP contribution in [0.3, 0.4) is 0 Å². The van der Waals surface area contributed by atoms with Crippen LogP contribution in [0.25, 0.3) is 5.65 Å². The monoisotopic (exact) mass is 469 g/mol. The lowest BCUT2D eigenvalue weighted by molar-refractivity contribution is -0.121. The second-order valence-electron chi connectivity index (χ2n) is 7.48. The Bertz CT molecular complexity index is 1390. The number of benzene rings is 1. The van der Waals surface area contributed by atoms with Gasteiger partial charge in [0.25, 0.3) is 5.91 Å². The van der Waals surface area contributed by atoms with Crippen molar-refractivity contribution in [2.24, 2.45) is 0 Å². The Balaban J connectivity index is 1.64. The predicted octanol–water partition coefficient (Wildman–Crippen LogP) is 0.862. The molecule has 2 amide bonds. The smallest absolute Gasteiger partial charge is 0.269 e. The molecule has 172 valence electrons. The minimum atomic E-state index is -3.69. The van der Waals surface area contributed by atoms with E-state index in [1.807, 2.05) is 13.0 Å². The van der Waals surface area contributed by atoms with Gasteiger partial charge in [0.1, 0.15) is 11.6 Å². The fraction of sp³-hybridized carbons (Fsp3) is 0.286. The van der Waals surface area contributed by atoms with Crippen molar-refractivity contribution >= 4 is 27.5 Å². The summed E-state index contributed by atoms with van der Waals surface area (Å²) in [5, 5.41) is 13.3. The average Bonchev–Trinajstić information content (AvgIpc) is 3.20. The van der Waals surface area contributed by atoms with Gasteiger partial charge in [0.15, 0.2) is 5.65 Å². The number of fused-ring (bicyclic) bond motifs is 1. The third-order valence-electron chi connectivity index (χ3n) is 5.12. The van der Waals surface area contributed by atoms with E-state index in [1.165, 1.54) is 44.6 Å². The number of carbonyl (C=O) groups excluding carboxylic acids is 2. The highest BCUT2D eigenvalue weighted by Gasteiger charge is 2.19. The van der Waals surface area contributed by atoms with E-state index in [2.05, 4.69) is 20.9 Å². The zero-order valence-electron chi connectivity index (χ0n) is 18.6. The first-order valence-corrected chi connectivity index (χ1v) is 11.4. The van der Waals surface area contributed by atoms with Gasteiger partial charge in [-0.25, -0.2) is 22.2 Å². The van der Waals surface area contributed by atoms with Gasteiger partial charge in [0.05, 0.1) is 11.1 Å². The second-order valence-corrected chi connectivity index (χ2v) is 9.64. The van der Waals surface area contributed by atoms with Gasteiger partial charge in [-0.2, -0.15) is 10.4 Å². The van der Waals surface area contributed by atoms with E-state index in [0.29, 0.717) is 23.3 Å². The van der Waals surface area contributed by atoms with E-state index in [0.717, 1.165) is 15.6 Å². The van der Waals surface area contributed by atoms with Gasteiger partial charge in [0.2, 0.25) is 15.9 Å². The lowest BCUT2D eigenvalue weighted by Crippen LogP contribution is -2.41. The Morgan fingerprint density at radius 1 is 1.21 bits per heavy atom. The molecular formula is C21H23N7O4S. The SMILES string of the molecule is Cc1nc2c(C#N)cnn2c(C)c1CCC(=O)NNC(=O)c1cccc(S(=O)(=O)N(C)C)c1. The van der Waals surface area contributed by atoms with Crippen LogP contribution in [0.5, 0.6) is 0 Å². The molecule has 0 radical (unpaired) electrons. The van der Waals surface area contributed by atoms with Crippen molar-refractivity contribution in [2.45, 2.75) is 31.6 Å². The minimum absolute atomic E-state index is 0.0292. The molecule has 0 aliphatic heterocycles. The van der Waals surface area contributed by atoms with Crippen molar-refractivity contribution in [1.29, 1.82) is 5.26 Å². The van der Waals surface area contributed by atoms with E-state index in [1.54, 1.807) is 11.4 Å². The molecule has 0 unspecified atom stereocenters. The fourth-order valence-electron chi connectivity index (χ4n) is 3.26. The van der Waals surface area contributed by atoms with Gasteiger partial charge in [-0.15, -0.1) is 0 Å². The number of aryl methyl sites for hydroxylation is 2. The summed E-state index contributed by atoms with van der Waals surface area (Å²) < 4.78 is 27.1. The molecule has 3 aromatic rings. The predicted molar refractivity (Wildman–Crippen MR) is 118 cm³/mol. The van der Waals surface area contributed by atoms with Crippen molar-refractivity contribution in [2.75, 3.05) is 14.1 Å². The lowest BCUT2D eigenvalue weighted by atomic mass is 10.1. The van der Waals surface area contributed by atoms with Crippen LogP contribution in [0.15, 0.2) is 35.4 Å². The number of carbonyl (C=O) groups is 2. The first-order valence-electron chi connectivity index (χ1n) is 9.92. The van der Waals surface area contributed by atoms with Gasteiger partial charge in [0, 0.05) is 37.5 Å². The third-order valence-corrected chi connectivity index (χ3v) is 6.93. The van der Waals surface area contributed by atoms with Crippen LogP contribution in [0, 0.1) is 25.2 Å². The first kappa shape index (κ1) is 23.8. The zero-order valence-corrected chi connectivity index (χ0v) is 19.4. The molecule has 3 rings (SSSR count). The third kappa shape index (κ3) is 4.84. The summed E-state index contributed by atoms with van der Waals surface area (Å²) in [4.78, 5) is 29.1. The minimum Gasteiger partial charge on any atom is -0.273 e. The summed E-state index contributed by atoms with van der Waals surface area (Å²) in [6, 6.07) is 7.58. The van der Waals surface area contributed by atoms with E-state index in [9.17, 15) is 18.0 Å². The van der Waals surface area contributed by atoms with E-state index in [4.69, 9.17) is 5.26 Å². The van der Waals surface area contributed by atoms with Crippen LogP contribution >= 0.6 is 0 Å². The normalized spacial score (nSPS) is 11.4. The van der Waals surface area contributed by atoms with E-state index < -0.39 is 21.8 Å². The topological polar surface area (TPSA) is 150 Å². The number of rotatable bonds is 6. The Morgan fingerprint density at radius 2 is 1.94 bits per heavy atom. The van der Waals surface area contributed by atoms with Gasteiger partial charge in [-0.3, -0.25) is 20.4 Å². The summed E-state index contributed by atoms with van der Waals surface area (Å²) in [6.45, 7) is 3.63. The summed E-state index contributed by atoms with van der Waals surface area (Å²) in [5.74, 6) is -1.08. The van der Waals surface area contributed by atoms with Crippen molar-refractivity contribution in [3.8, 4) is 6.07 Å². The number of nitriles is 1. The molecule has 0 aliphatic carbocycles. The molecule has 12 heteroatoms. The van der Waals surface area contributed by atoms with Crippen molar-refractivity contribution < 1.29 is 18.0 Å². The largest absolute Gasteiger partial charge is 0.273 e. The highest BCUT2D eigenvalue weighted by Crippen LogP contribution is 2.18. The number of nitrogens with zero attached hydrogens (tertiary/aromatic N) is 5. The highest BCUT2D eigenvalue weighted by atomic mass is 32.2. The molecule has 0 fully saturated rings. The van der Waals surface area contributed by atoms with Gasteiger partial charge in [-0.1, -0.05) is 6.07 Å². The molecule has 0 saturated heterocycles. The van der Waals surface area contributed by atoms with Gasteiger partial charge < -0.3 is 0 Å². The molecule has 2 heterocycles. The first-order chi connectivity index (χ1) is 15.6. The summed E-state index contributed by atoms with van der Waals surface area (Å²) in [5.41, 5.74) is 7.84. The Morgan fingerprint density at radius 3 is 2.61 bits per heavy atom. The zero-order chi connectivity index (χ0) is 24.3. The van der Waals surface area contributed by atoms with E-state index >= 15 is 0 Å². The summed E-state index contributed by atoms with van der Waals surface area (Å²) >= 11 is 0. The van der Waals surface area contributed by atoms with Gasteiger partial charge in [-0.05, 0) is 44.0 Å². The number of amides is 2. The Labute approximate surface area is 191 Å². The van der Waals surface area contributed by atoms with Crippen molar-refractivity contribution in [3.05, 3.63) is 58.5 Å². The molecule has 2 aromatic heterocycles. The van der Waals surface area contributed by atoms with Crippen LogP contribution in [-0.4, -0.2) is 53.2 Å². The van der Waals surface area contributed by atoms with E-state index in [-0.39, 0.29) is 16.9 Å². The van der Waals surface area contributed by atoms with Gasteiger partial charge >= 0.3 is 0 Å². The molecular weight excluding hydrogens is 446 g/mol. The van der Waals surface area contributed by atoms with Crippen molar-refractivity contribution in [1.82, 2.24) is 29.8 Å². The fourth-order valence-corrected chi connectivity index (χ4v) is 4.21. The molecule has 2 N–H and O–H groups in total. The maximum atomic E-state index is 12.4. The second kappa shape index (κ2) is 9.35. The molecule has 1 aromatic carbocycles. The molecule has 0 saturated carbocycles. The number of aromatic nitrogens is 3. The molecule has 0 atom stereocenters. The number of sulfonamides is 1. The Hall–Kier alpha value is -3.82. The highest BCUT2D eigenvalue weighted by molar-refractivity contribution is 7.89. The Kier molecular flexibility index (Phi) is 6.75. The van der Waals surface area contributed by atoms with Crippen LogP contribution in [0.2, 0.25) is 0 Å². The number of hydrogen-bond donors (Lipinski definition) is 2. The maximum Gasteiger partial charge on any atom is 0.269 e. The average molecular weight is 470 g/mol. The lowest BCUT2D eigenvalue weighted by Gasteiger charge is -2.13. The quantitative estimate of drug-likeness (QED) is 0.508. The maximum absolute atomic E-state index is 12.4. The molecule has 0 aliphatic rings. The molecule has 0 spiro atoms. The van der Waals surface area contributed by atoms with Crippen LogP contribution in [0.4, 0.5) is 0 Å². The standard InChI is InChI=1S/C21H23N7O4S/c1-13-18(14(2)28-20(24-13)16(11-22)12-23-28)8-9-19(29)25-26-21(30)15-6-5-7-17(10-15)33(31,32)27(3)4/h5-7,10,12H,8-9H2,1-4H3,(H,25,29)(H,26,30). The van der Waals surface area contributed by atoms with Crippen molar-refractivity contribution in [3.63, 3.8) is 0 Å². The molecule has 33 heavy (non-hydrogen) atoms. The number of nitrogens with one attached hydrogen (secondary N) is 2. The van der Waals surface area contributed by atoms with Crippen LogP contribution in [-0.2, 0) is 21.2 Å². The van der Waals surface area contributed by atoms with Crippen LogP contribution in [0.1, 0.15) is 39.3 Å². The molecule has 11 nitrogen and oxygen atoms in total. The van der Waals surface area contributed by atoms with Crippen LogP contribution < -0.4 is 10.9 Å². The summed E-state index contributed by atoms with van der Waals surface area (Å²) in [6.07, 6.45) is 1.86. The number of hydrazine groups is 1. The summed E-state index contributed by atoms with van der Waals surface area (Å²) in [7, 11) is -0.899. The number of hydrogen-bond acceptors (Lipinski definition) is 7.